The van der Waals surface area contributed by atoms with Crippen LogP contribution in [0.4, 0.5) is 5.69 Å². The molecule has 1 aromatic carbocycles. The lowest BCUT2D eigenvalue weighted by molar-refractivity contribution is 0.0949. The molecule has 4 nitrogen and oxygen atoms in total. The number of aryl methyl sites for hydroxylation is 1. The summed E-state index contributed by atoms with van der Waals surface area (Å²) in [4.78, 5) is 14.3. The number of carbonyl (C=O) groups is 1. The van der Waals surface area contributed by atoms with Crippen LogP contribution in [0.1, 0.15) is 36.2 Å². The predicted molar refractivity (Wildman–Crippen MR) is 85.5 cm³/mol. The van der Waals surface area contributed by atoms with Crippen LogP contribution in [-0.2, 0) is 0 Å². The second-order valence-electron chi connectivity index (χ2n) is 5.11. The number of likely N-dealkylation sites (N-methyl/N-ethyl adjacent to an activating group) is 1. The quantitative estimate of drug-likeness (QED) is 0.767. The van der Waals surface area contributed by atoms with Crippen LogP contribution in [0.15, 0.2) is 18.2 Å². The first-order valence-corrected chi connectivity index (χ1v) is 7.39. The molecule has 0 radical (unpaired) electrons. The molecule has 0 saturated heterocycles. The fourth-order valence-corrected chi connectivity index (χ4v) is 1.91. The van der Waals surface area contributed by atoms with Crippen molar-refractivity contribution in [3.05, 3.63) is 29.3 Å². The minimum Gasteiger partial charge on any atom is -0.385 e. The third-order valence-electron chi connectivity index (χ3n) is 3.37. The topological polar surface area (TPSA) is 44.4 Å². The molecule has 0 fully saturated rings. The van der Waals surface area contributed by atoms with E-state index in [-0.39, 0.29) is 5.91 Å². The summed E-state index contributed by atoms with van der Waals surface area (Å²) >= 11 is 0. The smallest absolute Gasteiger partial charge is 0.251 e. The lowest BCUT2D eigenvalue weighted by atomic mass is 10.1. The average Bonchev–Trinajstić information content (AvgIpc) is 2.44. The largest absolute Gasteiger partial charge is 0.385 e. The van der Waals surface area contributed by atoms with Crippen LogP contribution in [0.2, 0.25) is 0 Å². The Balaban J connectivity index is 2.55. The Bertz CT molecular complexity index is 432. The van der Waals surface area contributed by atoms with Crippen molar-refractivity contribution >= 4 is 11.6 Å². The monoisotopic (exact) mass is 277 g/mol. The molecule has 0 aliphatic heterocycles. The predicted octanol–water partition coefficient (Wildman–Crippen LogP) is 2.50. The van der Waals surface area contributed by atoms with E-state index in [1.165, 1.54) is 0 Å². The molecule has 0 aromatic heterocycles. The van der Waals surface area contributed by atoms with Crippen molar-refractivity contribution < 1.29 is 4.79 Å². The molecule has 0 heterocycles. The molecule has 0 spiro atoms. The van der Waals surface area contributed by atoms with Gasteiger partial charge in [0.25, 0.3) is 5.91 Å². The van der Waals surface area contributed by atoms with E-state index in [0.29, 0.717) is 6.54 Å². The third kappa shape index (κ3) is 5.21. The second-order valence-corrected chi connectivity index (χ2v) is 5.11. The molecular weight excluding hydrogens is 250 g/mol. The molecule has 0 unspecified atom stereocenters. The van der Waals surface area contributed by atoms with E-state index in [1.54, 1.807) is 0 Å². The van der Waals surface area contributed by atoms with Gasteiger partial charge in [0, 0.05) is 30.9 Å². The molecule has 0 atom stereocenters. The van der Waals surface area contributed by atoms with Crippen molar-refractivity contribution in [3.8, 4) is 0 Å². The van der Waals surface area contributed by atoms with Crippen LogP contribution in [0.3, 0.4) is 0 Å². The van der Waals surface area contributed by atoms with Crippen molar-refractivity contribution in [3.63, 3.8) is 0 Å². The molecule has 1 aromatic rings. The molecule has 0 saturated carbocycles. The van der Waals surface area contributed by atoms with Gasteiger partial charge in [-0.1, -0.05) is 13.8 Å². The second kappa shape index (κ2) is 8.59. The summed E-state index contributed by atoms with van der Waals surface area (Å²) in [5.41, 5.74) is 2.84. The lowest BCUT2D eigenvalue weighted by Gasteiger charge is -2.15. The van der Waals surface area contributed by atoms with Crippen LogP contribution in [-0.4, -0.2) is 44.0 Å². The molecule has 1 rings (SSSR count). The normalized spacial score (nSPS) is 10.7. The molecule has 0 aliphatic carbocycles. The SMILES string of the molecule is CCCNc1ccc(C(=O)NCCN(C)CC)c(C)c1. The Kier molecular flexibility index (Phi) is 7.09. The molecule has 0 aliphatic rings. The number of benzene rings is 1. The van der Waals surface area contributed by atoms with Crippen molar-refractivity contribution in [2.75, 3.05) is 38.5 Å². The molecule has 112 valence electrons. The molecular formula is C16H27N3O. The van der Waals surface area contributed by atoms with E-state index in [0.717, 1.165) is 42.9 Å². The minimum absolute atomic E-state index is 0.00837. The number of hydrogen-bond donors (Lipinski definition) is 2. The van der Waals surface area contributed by atoms with Gasteiger partial charge >= 0.3 is 0 Å². The van der Waals surface area contributed by atoms with Crippen molar-refractivity contribution in [2.45, 2.75) is 27.2 Å². The number of nitrogens with zero attached hydrogens (tertiary/aromatic N) is 1. The number of anilines is 1. The van der Waals surface area contributed by atoms with E-state index >= 15 is 0 Å². The van der Waals surface area contributed by atoms with E-state index in [2.05, 4.69) is 29.4 Å². The number of carbonyl (C=O) groups excluding carboxylic acids is 1. The fourth-order valence-electron chi connectivity index (χ4n) is 1.91. The highest BCUT2D eigenvalue weighted by molar-refractivity contribution is 5.96. The molecule has 4 heteroatoms. The van der Waals surface area contributed by atoms with Gasteiger partial charge in [0.15, 0.2) is 0 Å². The summed E-state index contributed by atoms with van der Waals surface area (Å²) in [6.45, 7) is 9.71. The van der Waals surface area contributed by atoms with Gasteiger partial charge in [0.1, 0.15) is 0 Å². The Hall–Kier alpha value is -1.55. The minimum atomic E-state index is 0.00837. The Morgan fingerprint density at radius 3 is 2.60 bits per heavy atom. The first-order chi connectivity index (χ1) is 9.58. The molecule has 2 N–H and O–H groups in total. The Morgan fingerprint density at radius 1 is 1.25 bits per heavy atom. The van der Waals surface area contributed by atoms with E-state index < -0.39 is 0 Å². The van der Waals surface area contributed by atoms with Crippen LogP contribution >= 0.6 is 0 Å². The highest BCUT2D eigenvalue weighted by Crippen LogP contribution is 2.15. The highest BCUT2D eigenvalue weighted by Gasteiger charge is 2.09. The standard InChI is InChI=1S/C16H27N3O/c1-5-9-17-14-7-8-15(13(3)12-14)16(20)18-10-11-19(4)6-2/h7-8,12,17H,5-6,9-11H2,1-4H3,(H,18,20). The summed E-state index contributed by atoms with van der Waals surface area (Å²) in [5, 5.41) is 6.30. The maximum Gasteiger partial charge on any atom is 0.251 e. The summed E-state index contributed by atoms with van der Waals surface area (Å²) in [6.07, 6.45) is 1.09. The van der Waals surface area contributed by atoms with Gasteiger partial charge < -0.3 is 15.5 Å². The van der Waals surface area contributed by atoms with Crippen LogP contribution < -0.4 is 10.6 Å². The summed E-state index contributed by atoms with van der Waals surface area (Å²) in [7, 11) is 2.05. The molecule has 0 bridgehead atoms. The number of nitrogens with one attached hydrogen (secondary N) is 2. The first kappa shape index (κ1) is 16.5. The van der Waals surface area contributed by atoms with Gasteiger partial charge in [-0.25, -0.2) is 0 Å². The van der Waals surface area contributed by atoms with Crippen LogP contribution in [0, 0.1) is 6.92 Å². The van der Waals surface area contributed by atoms with E-state index in [1.807, 2.05) is 32.2 Å². The van der Waals surface area contributed by atoms with Gasteiger partial charge in [-0.05, 0) is 50.7 Å². The van der Waals surface area contributed by atoms with Crippen molar-refractivity contribution in [1.82, 2.24) is 10.2 Å². The maximum atomic E-state index is 12.1. The zero-order valence-corrected chi connectivity index (χ0v) is 13.1. The maximum absolute atomic E-state index is 12.1. The van der Waals surface area contributed by atoms with Gasteiger partial charge in [-0.3, -0.25) is 4.79 Å². The fraction of sp³-hybridized carbons (Fsp3) is 0.562. The zero-order chi connectivity index (χ0) is 15.0. The number of rotatable bonds is 8. The van der Waals surface area contributed by atoms with Gasteiger partial charge in [-0.2, -0.15) is 0 Å². The van der Waals surface area contributed by atoms with Crippen LogP contribution in [0.25, 0.3) is 0 Å². The van der Waals surface area contributed by atoms with Gasteiger partial charge in [0.05, 0.1) is 0 Å². The van der Waals surface area contributed by atoms with Crippen molar-refractivity contribution in [1.29, 1.82) is 0 Å². The first-order valence-electron chi connectivity index (χ1n) is 7.39. The molecule has 20 heavy (non-hydrogen) atoms. The Labute approximate surface area is 122 Å². The lowest BCUT2D eigenvalue weighted by Crippen LogP contribution is -2.33. The number of hydrogen-bond acceptors (Lipinski definition) is 3. The van der Waals surface area contributed by atoms with Crippen molar-refractivity contribution in [2.24, 2.45) is 0 Å². The van der Waals surface area contributed by atoms with E-state index in [9.17, 15) is 4.79 Å². The van der Waals surface area contributed by atoms with Gasteiger partial charge in [0.2, 0.25) is 0 Å². The highest BCUT2D eigenvalue weighted by atomic mass is 16.1. The summed E-state index contributed by atoms with van der Waals surface area (Å²) in [5.74, 6) is 0.00837. The molecule has 1 amide bonds. The Morgan fingerprint density at radius 2 is 2.00 bits per heavy atom. The van der Waals surface area contributed by atoms with Gasteiger partial charge in [-0.15, -0.1) is 0 Å². The summed E-state index contributed by atoms with van der Waals surface area (Å²) in [6, 6.07) is 5.89. The van der Waals surface area contributed by atoms with Crippen LogP contribution in [0.5, 0.6) is 0 Å². The zero-order valence-electron chi connectivity index (χ0n) is 13.1. The summed E-state index contributed by atoms with van der Waals surface area (Å²) < 4.78 is 0. The number of amides is 1. The van der Waals surface area contributed by atoms with E-state index in [4.69, 9.17) is 0 Å². The third-order valence-corrected chi connectivity index (χ3v) is 3.37. The average molecular weight is 277 g/mol.